The molecule has 0 unspecified atom stereocenters. The van der Waals surface area contributed by atoms with E-state index in [4.69, 9.17) is 0 Å². The molecule has 0 saturated carbocycles. The first-order chi connectivity index (χ1) is 10.0. The number of rotatable bonds is 6. The van der Waals surface area contributed by atoms with Crippen LogP contribution in [0.3, 0.4) is 0 Å². The quantitative estimate of drug-likeness (QED) is 0.701. The Hall–Kier alpha value is -0.940. The maximum absolute atomic E-state index is 12.1. The van der Waals surface area contributed by atoms with E-state index in [0.29, 0.717) is 11.0 Å². The molecule has 0 fully saturated rings. The van der Waals surface area contributed by atoms with Crippen LogP contribution in [0.5, 0.6) is 0 Å². The van der Waals surface area contributed by atoms with Crippen molar-refractivity contribution < 1.29 is 4.79 Å². The van der Waals surface area contributed by atoms with Gasteiger partial charge in [-0.05, 0) is 30.0 Å². The molecule has 0 bridgehead atoms. The number of hydrogen-bond donors (Lipinski definition) is 1. The Morgan fingerprint density at radius 3 is 2.86 bits per heavy atom. The first-order valence-corrected chi connectivity index (χ1v) is 9.10. The average molecular weight is 369 g/mol. The van der Waals surface area contributed by atoms with Crippen molar-refractivity contribution in [2.24, 2.45) is 0 Å². The number of fused-ring (bicyclic) bond motifs is 1. The van der Waals surface area contributed by atoms with Gasteiger partial charge in [0, 0.05) is 0 Å². The largest absolute Gasteiger partial charge is 0.301 e. The smallest absolute Gasteiger partial charge is 0.239 e. The summed E-state index contributed by atoms with van der Waals surface area (Å²) in [7, 11) is 0. The van der Waals surface area contributed by atoms with E-state index in [9.17, 15) is 4.79 Å². The first-order valence-electron chi connectivity index (χ1n) is 7.36. The SMILES string of the molecule is CCCC[C@H](Br)C(=O)Nc1nc2ccc(C(C)C)cc2s1. The molecule has 0 aliphatic heterocycles. The summed E-state index contributed by atoms with van der Waals surface area (Å²) in [6, 6.07) is 6.29. The second-order valence-corrected chi connectivity index (χ2v) is 7.64. The minimum Gasteiger partial charge on any atom is -0.301 e. The average Bonchev–Trinajstić information content (AvgIpc) is 2.85. The van der Waals surface area contributed by atoms with Gasteiger partial charge in [0.2, 0.25) is 5.91 Å². The number of alkyl halides is 1. The van der Waals surface area contributed by atoms with Gasteiger partial charge >= 0.3 is 0 Å². The zero-order valence-corrected chi connectivity index (χ0v) is 15.1. The van der Waals surface area contributed by atoms with Crippen molar-refractivity contribution in [3.63, 3.8) is 0 Å². The number of carbonyl (C=O) groups excluding carboxylic acids is 1. The summed E-state index contributed by atoms with van der Waals surface area (Å²) in [5.41, 5.74) is 2.24. The number of anilines is 1. The Morgan fingerprint density at radius 1 is 1.43 bits per heavy atom. The van der Waals surface area contributed by atoms with E-state index in [0.717, 1.165) is 29.5 Å². The van der Waals surface area contributed by atoms with Gasteiger partial charge in [0.25, 0.3) is 0 Å². The van der Waals surface area contributed by atoms with Gasteiger partial charge in [-0.1, -0.05) is 66.9 Å². The molecule has 2 rings (SSSR count). The topological polar surface area (TPSA) is 42.0 Å². The number of thiazole rings is 1. The molecule has 1 aromatic heterocycles. The Morgan fingerprint density at radius 2 is 2.19 bits per heavy atom. The number of nitrogens with zero attached hydrogens (tertiary/aromatic N) is 1. The molecule has 5 heteroatoms. The van der Waals surface area contributed by atoms with Crippen molar-refractivity contribution in [3.05, 3.63) is 23.8 Å². The van der Waals surface area contributed by atoms with Crippen LogP contribution in [0.1, 0.15) is 51.5 Å². The lowest BCUT2D eigenvalue weighted by molar-refractivity contribution is -0.115. The van der Waals surface area contributed by atoms with Crippen LogP contribution < -0.4 is 5.32 Å². The molecule has 1 amide bonds. The van der Waals surface area contributed by atoms with Crippen molar-refractivity contribution in [2.45, 2.75) is 50.8 Å². The molecule has 0 saturated heterocycles. The molecule has 0 aliphatic rings. The fourth-order valence-electron chi connectivity index (χ4n) is 2.05. The van der Waals surface area contributed by atoms with Crippen molar-refractivity contribution in [1.29, 1.82) is 0 Å². The lowest BCUT2D eigenvalue weighted by Gasteiger charge is -2.07. The number of halogens is 1. The minimum absolute atomic E-state index is 0.00779. The summed E-state index contributed by atoms with van der Waals surface area (Å²) in [5, 5.41) is 3.59. The van der Waals surface area contributed by atoms with Gasteiger partial charge in [0.15, 0.2) is 5.13 Å². The Kier molecular flexibility index (Phi) is 5.76. The molecule has 0 spiro atoms. The highest BCUT2D eigenvalue weighted by atomic mass is 79.9. The van der Waals surface area contributed by atoms with Gasteiger partial charge in [-0.15, -0.1) is 0 Å². The van der Waals surface area contributed by atoms with Gasteiger partial charge in [0.1, 0.15) is 0 Å². The predicted octanol–water partition coefficient (Wildman–Crippen LogP) is 5.31. The van der Waals surface area contributed by atoms with Gasteiger partial charge in [-0.25, -0.2) is 4.98 Å². The fraction of sp³-hybridized carbons (Fsp3) is 0.500. The molecule has 1 aromatic carbocycles. The Balaban J connectivity index is 2.10. The summed E-state index contributed by atoms with van der Waals surface area (Å²) >= 11 is 4.98. The van der Waals surface area contributed by atoms with Crippen LogP contribution in [0.25, 0.3) is 10.2 Å². The highest BCUT2D eigenvalue weighted by Gasteiger charge is 2.16. The lowest BCUT2D eigenvalue weighted by Crippen LogP contribution is -2.22. The number of amides is 1. The molecule has 0 radical (unpaired) electrons. The van der Waals surface area contributed by atoms with E-state index in [1.165, 1.54) is 16.9 Å². The van der Waals surface area contributed by atoms with Crippen molar-refractivity contribution >= 4 is 48.5 Å². The summed E-state index contributed by atoms with van der Waals surface area (Å²) < 4.78 is 1.12. The van der Waals surface area contributed by atoms with E-state index in [1.807, 2.05) is 6.07 Å². The maximum atomic E-state index is 12.1. The molecule has 0 aliphatic carbocycles. The molecule has 3 nitrogen and oxygen atoms in total. The minimum atomic E-state index is -0.143. The van der Waals surface area contributed by atoms with E-state index in [2.05, 4.69) is 59.1 Å². The van der Waals surface area contributed by atoms with Gasteiger partial charge in [0.05, 0.1) is 15.0 Å². The van der Waals surface area contributed by atoms with Crippen LogP contribution in [-0.2, 0) is 4.79 Å². The van der Waals surface area contributed by atoms with Crippen molar-refractivity contribution in [2.75, 3.05) is 5.32 Å². The molecule has 1 heterocycles. The third kappa shape index (κ3) is 4.27. The second kappa shape index (κ2) is 7.36. The van der Waals surface area contributed by atoms with Crippen LogP contribution in [0.15, 0.2) is 18.2 Å². The fourth-order valence-corrected chi connectivity index (χ4v) is 3.41. The predicted molar refractivity (Wildman–Crippen MR) is 94.6 cm³/mol. The molecular formula is C16H21BrN2OS. The normalized spacial score (nSPS) is 12.8. The molecular weight excluding hydrogens is 348 g/mol. The van der Waals surface area contributed by atoms with E-state index in [1.54, 1.807) is 0 Å². The molecule has 114 valence electrons. The van der Waals surface area contributed by atoms with Crippen LogP contribution in [-0.4, -0.2) is 15.7 Å². The highest BCUT2D eigenvalue weighted by Crippen LogP contribution is 2.29. The van der Waals surface area contributed by atoms with Crippen molar-refractivity contribution in [1.82, 2.24) is 4.98 Å². The van der Waals surface area contributed by atoms with Gasteiger partial charge in [-0.3, -0.25) is 4.79 Å². The van der Waals surface area contributed by atoms with Gasteiger partial charge in [-0.2, -0.15) is 0 Å². The number of aromatic nitrogens is 1. The number of hydrogen-bond acceptors (Lipinski definition) is 3. The summed E-state index contributed by atoms with van der Waals surface area (Å²) in [6.07, 6.45) is 2.99. The van der Waals surface area contributed by atoms with Crippen LogP contribution in [0, 0.1) is 0 Å². The van der Waals surface area contributed by atoms with E-state index < -0.39 is 0 Å². The number of nitrogens with one attached hydrogen (secondary N) is 1. The lowest BCUT2D eigenvalue weighted by atomic mass is 10.0. The highest BCUT2D eigenvalue weighted by molar-refractivity contribution is 9.10. The zero-order chi connectivity index (χ0) is 15.4. The Labute approximate surface area is 138 Å². The molecule has 1 atom stereocenters. The zero-order valence-electron chi connectivity index (χ0n) is 12.6. The van der Waals surface area contributed by atoms with Crippen LogP contribution in [0.2, 0.25) is 0 Å². The summed E-state index contributed by atoms with van der Waals surface area (Å²) in [4.78, 5) is 16.4. The second-order valence-electron chi connectivity index (χ2n) is 5.50. The number of benzene rings is 1. The van der Waals surface area contributed by atoms with Crippen LogP contribution >= 0.6 is 27.3 Å². The van der Waals surface area contributed by atoms with Crippen molar-refractivity contribution in [3.8, 4) is 0 Å². The third-order valence-electron chi connectivity index (χ3n) is 3.40. The maximum Gasteiger partial charge on any atom is 0.239 e. The van der Waals surface area contributed by atoms with E-state index in [-0.39, 0.29) is 10.7 Å². The van der Waals surface area contributed by atoms with Gasteiger partial charge < -0.3 is 5.32 Å². The third-order valence-corrected chi connectivity index (χ3v) is 5.21. The van der Waals surface area contributed by atoms with E-state index >= 15 is 0 Å². The molecule has 21 heavy (non-hydrogen) atoms. The summed E-state index contributed by atoms with van der Waals surface area (Å²) in [5.74, 6) is 0.488. The first kappa shape index (κ1) is 16.4. The number of unbranched alkanes of at least 4 members (excludes halogenated alkanes) is 1. The summed E-state index contributed by atoms with van der Waals surface area (Å²) in [6.45, 7) is 6.47. The Bertz CT molecular complexity index is 624. The standard InChI is InChI=1S/C16H21BrN2OS/c1-4-5-6-12(17)15(20)19-16-18-13-8-7-11(10(2)3)9-14(13)21-16/h7-10,12H,4-6H2,1-3H3,(H,18,19,20)/t12-/m0/s1. The molecule has 1 N–H and O–H groups in total. The number of carbonyl (C=O) groups is 1. The van der Waals surface area contributed by atoms with Crippen LogP contribution in [0.4, 0.5) is 5.13 Å². The molecule has 2 aromatic rings. The monoisotopic (exact) mass is 368 g/mol.